The van der Waals surface area contributed by atoms with E-state index in [0.717, 1.165) is 0 Å². The van der Waals surface area contributed by atoms with E-state index in [0.29, 0.717) is 0 Å². The van der Waals surface area contributed by atoms with Gasteiger partial charge in [0.1, 0.15) is 6.54 Å². The number of hydrogen-bond donors (Lipinski definition) is 3. The molecule has 0 bridgehead atoms. The number of aliphatic carboxylic acids is 1. The van der Waals surface area contributed by atoms with Crippen LogP contribution in [-0.4, -0.2) is 38.8 Å². The summed E-state index contributed by atoms with van der Waals surface area (Å²) in [6, 6.07) is 0. The summed E-state index contributed by atoms with van der Waals surface area (Å²) in [6.45, 7) is -1.75. The Hall–Kier alpha value is -0.870. The molecule has 0 atom stereocenters. The fourth-order valence-electron chi connectivity index (χ4n) is 0.836. The number of hydrogen-bond acceptors (Lipinski definition) is 3. The summed E-state index contributed by atoms with van der Waals surface area (Å²) in [7, 11) is -4.18. The van der Waals surface area contributed by atoms with Gasteiger partial charge >= 0.3 is 12.1 Å². The fraction of sp³-hybridized carbons (Fsp3) is 0.857. The van der Waals surface area contributed by atoms with Gasteiger partial charge in [-0.05, 0) is 12.8 Å². The van der Waals surface area contributed by atoms with Crippen LogP contribution >= 0.6 is 0 Å². The normalized spacial score (nSPS) is 12.6. The van der Waals surface area contributed by atoms with E-state index >= 15 is 0 Å². The van der Waals surface area contributed by atoms with Crippen LogP contribution in [0.5, 0.6) is 0 Å². The van der Waals surface area contributed by atoms with Crippen molar-refractivity contribution in [3.8, 4) is 0 Å². The van der Waals surface area contributed by atoms with Gasteiger partial charge in [-0.1, -0.05) is 0 Å². The molecule has 0 unspecified atom stereocenters. The molecular weight excluding hydrogens is 265 g/mol. The summed E-state index contributed by atoms with van der Waals surface area (Å²) in [4.78, 5) is 10.1. The maximum absolute atomic E-state index is 11.7. The molecule has 0 fully saturated rings. The molecule has 0 aromatic rings. The summed E-state index contributed by atoms with van der Waals surface area (Å²) in [5.74, 6) is -1.01. The monoisotopic (exact) mass is 278 g/mol. The molecule has 0 aliphatic rings. The van der Waals surface area contributed by atoms with Crippen LogP contribution in [-0.2, 0) is 15.0 Å². The van der Waals surface area contributed by atoms with Crippen LogP contribution in [0.2, 0.25) is 0 Å². The molecule has 0 spiro atoms. The maximum atomic E-state index is 11.7. The molecule has 0 aromatic heterocycles. The number of nitrogens with one attached hydrogen (secondary N) is 2. The average Bonchev–Trinajstić information content (AvgIpc) is 2.13. The lowest BCUT2D eigenvalue weighted by molar-refractivity contribution is -0.137. The van der Waals surface area contributed by atoms with E-state index in [2.05, 4.69) is 0 Å². The molecule has 17 heavy (non-hydrogen) atoms. The van der Waals surface area contributed by atoms with Crippen LogP contribution in [0, 0.1) is 0 Å². The Bertz CT molecular complexity index is 342. The molecule has 0 radical (unpaired) electrons. The van der Waals surface area contributed by atoms with Crippen LogP contribution in [0.15, 0.2) is 0 Å². The van der Waals surface area contributed by atoms with Crippen molar-refractivity contribution in [3.63, 3.8) is 0 Å². The van der Waals surface area contributed by atoms with Crippen molar-refractivity contribution in [1.82, 2.24) is 9.44 Å². The van der Waals surface area contributed by atoms with Gasteiger partial charge in [0.2, 0.25) is 0 Å². The lowest BCUT2D eigenvalue weighted by Crippen LogP contribution is -2.41. The Morgan fingerprint density at radius 1 is 1.18 bits per heavy atom. The highest BCUT2D eigenvalue weighted by molar-refractivity contribution is 7.87. The van der Waals surface area contributed by atoms with Crippen molar-refractivity contribution in [2.75, 3.05) is 13.1 Å². The molecule has 0 aliphatic heterocycles. The second-order valence-corrected chi connectivity index (χ2v) is 4.77. The zero-order chi connectivity index (χ0) is 13.5. The van der Waals surface area contributed by atoms with Crippen molar-refractivity contribution in [1.29, 1.82) is 0 Å². The molecular formula is C7H13F3N2O4S. The smallest absolute Gasteiger partial charge is 0.402 e. The third-order valence-electron chi connectivity index (χ3n) is 1.57. The van der Waals surface area contributed by atoms with Crippen molar-refractivity contribution >= 4 is 16.2 Å². The number of carbonyl (C=O) groups is 1. The largest absolute Gasteiger partial charge is 0.481 e. The van der Waals surface area contributed by atoms with E-state index < -0.39 is 28.9 Å². The molecule has 0 amide bonds. The first-order valence-electron chi connectivity index (χ1n) is 4.65. The van der Waals surface area contributed by atoms with Gasteiger partial charge in [-0.2, -0.15) is 26.3 Å². The molecule has 0 saturated heterocycles. The SMILES string of the molecule is O=C(O)CCCCNS(=O)(=O)NCC(F)(F)F. The van der Waals surface area contributed by atoms with Gasteiger partial charge in [0, 0.05) is 13.0 Å². The van der Waals surface area contributed by atoms with Crippen LogP contribution in [0.25, 0.3) is 0 Å². The van der Waals surface area contributed by atoms with Gasteiger partial charge in [0.25, 0.3) is 10.2 Å². The van der Waals surface area contributed by atoms with E-state index in [4.69, 9.17) is 5.11 Å². The first kappa shape index (κ1) is 16.1. The zero-order valence-electron chi connectivity index (χ0n) is 8.75. The fourth-order valence-corrected chi connectivity index (χ4v) is 1.70. The summed E-state index contributed by atoms with van der Waals surface area (Å²) >= 11 is 0. The number of rotatable bonds is 8. The topological polar surface area (TPSA) is 95.5 Å². The minimum absolute atomic E-state index is 0.111. The first-order chi connectivity index (χ1) is 7.62. The van der Waals surface area contributed by atoms with E-state index in [-0.39, 0.29) is 25.8 Å². The van der Waals surface area contributed by atoms with Gasteiger partial charge < -0.3 is 5.11 Å². The zero-order valence-corrected chi connectivity index (χ0v) is 9.57. The molecule has 102 valence electrons. The van der Waals surface area contributed by atoms with Gasteiger partial charge in [-0.3, -0.25) is 4.79 Å². The van der Waals surface area contributed by atoms with Gasteiger partial charge in [0.15, 0.2) is 0 Å². The van der Waals surface area contributed by atoms with Gasteiger partial charge in [-0.15, -0.1) is 0 Å². The lowest BCUT2D eigenvalue weighted by Gasteiger charge is -2.09. The first-order valence-corrected chi connectivity index (χ1v) is 6.13. The molecule has 0 heterocycles. The molecule has 0 aliphatic carbocycles. The van der Waals surface area contributed by atoms with Crippen molar-refractivity contribution in [3.05, 3.63) is 0 Å². The minimum atomic E-state index is -4.61. The molecule has 10 heteroatoms. The summed E-state index contributed by atoms with van der Waals surface area (Å²) in [6.07, 6.45) is -4.24. The summed E-state index contributed by atoms with van der Waals surface area (Å²) in [5.41, 5.74) is 0. The van der Waals surface area contributed by atoms with Gasteiger partial charge in [0.05, 0.1) is 0 Å². The molecule has 0 saturated carbocycles. The number of halogens is 3. The third kappa shape index (κ3) is 11.4. The number of carboxylic acid groups (broad SMARTS) is 1. The van der Waals surface area contributed by atoms with Crippen molar-refractivity contribution in [2.45, 2.75) is 25.4 Å². The summed E-state index contributed by atoms with van der Waals surface area (Å²) in [5, 5.41) is 8.27. The quantitative estimate of drug-likeness (QED) is 0.554. The second kappa shape index (κ2) is 6.77. The minimum Gasteiger partial charge on any atom is -0.481 e. The van der Waals surface area contributed by atoms with Crippen molar-refractivity contribution in [2.24, 2.45) is 0 Å². The number of alkyl halides is 3. The Labute approximate surface area is 96.4 Å². The predicted octanol–water partition coefficient (Wildman–Crippen LogP) is 0.228. The highest BCUT2D eigenvalue weighted by Gasteiger charge is 2.29. The Morgan fingerprint density at radius 3 is 2.24 bits per heavy atom. The highest BCUT2D eigenvalue weighted by atomic mass is 32.2. The third-order valence-corrected chi connectivity index (χ3v) is 2.68. The number of carboxylic acids is 1. The van der Waals surface area contributed by atoms with E-state index in [1.165, 1.54) is 4.72 Å². The Morgan fingerprint density at radius 2 is 1.76 bits per heavy atom. The van der Waals surface area contributed by atoms with Crippen LogP contribution in [0.4, 0.5) is 13.2 Å². The van der Waals surface area contributed by atoms with Crippen LogP contribution < -0.4 is 9.44 Å². The van der Waals surface area contributed by atoms with E-state index in [1.54, 1.807) is 0 Å². The highest BCUT2D eigenvalue weighted by Crippen LogP contribution is 2.12. The predicted molar refractivity (Wildman–Crippen MR) is 52.5 cm³/mol. The van der Waals surface area contributed by atoms with E-state index in [1.807, 2.05) is 4.72 Å². The van der Waals surface area contributed by atoms with Crippen LogP contribution in [0.3, 0.4) is 0 Å². The van der Waals surface area contributed by atoms with E-state index in [9.17, 15) is 26.4 Å². The molecule has 0 rings (SSSR count). The van der Waals surface area contributed by atoms with Crippen LogP contribution in [0.1, 0.15) is 19.3 Å². The maximum Gasteiger partial charge on any atom is 0.402 e. The standard InChI is InChI=1S/C7H13F3N2O4S/c8-7(9,10)5-12-17(15,16)11-4-2-1-3-6(13)14/h11-12H,1-5H2,(H,13,14). The number of unbranched alkanes of at least 4 members (excludes halogenated alkanes) is 1. The van der Waals surface area contributed by atoms with Gasteiger partial charge in [-0.25, -0.2) is 4.72 Å². The lowest BCUT2D eigenvalue weighted by atomic mass is 10.2. The summed E-state index contributed by atoms with van der Waals surface area (Å²) < 4.78 is 60.2. The molecule has 6 nitrogen and oxygen atoms in total. The Balaban J connectivity index is 3.76. The Kier molecular flexibility index (Phi) is 6.42. The molecule has 0 aromatic carbocycles. The second-order valence-electron chi connectivity index (χ2n) is 3.18. The average molecular weight is 278 g/mol. The molecule has 3 N–H and O–H groups in total. The van der Waals surface area contributed by atoms with Crippen molar-refractivity contribution < 1.29 is 31.5 Å².